The summed E-state index contributed by atoms with van der Waals surface area (Å²) in [7, 11) is 0. The number of rotatable bonds is 4. The van der Waals surface area contributed by atoms with Crippen molar-refractivity contribution in [2.75, 3.05) is 0 Å². The predicted octanol–water partition coefficient (Wildman–Crippen LogP) is 6.70. The fraction of sp³-hybridized carbons (Fsp3) is 0.654. The van der Waals surface area contributed by atoms with Gasteiger partial charge in [-0.3, -0.25) is 4.79 Å². The molecule has 29 heavy (non-hydrogen) atoms. The first-order valence-electron chi connectivity index (χ1n) is 11.4. The van der Waals surface area contributed by atoms with E-state index in [1.165, 1.54) is 18.4 Å². The first-order chi connectivity index (χ1) is 13.8. The van der Waals surface area contributed by atoms with E-state index in [-0.39, 0.29) is 16.9 Å². The quantitative estimate of drug-likeness (QED) is 0.595. The van der Waals surface area contributed by atoms with E-state index in [4.69, 9.17) is 11.6 Å². The molecule has 1 N–H and O–H groups in total. The van der Waals surface area contributed by atoms with Crippen LogP contribution in [0.25, 0.3) is 6.08 Å². The Hall–Kier alpha value is -1.12. The number of halogens is 1. The maximum absolute atomic E-state index is 12.4. The average Bonchev–Trinajstić information content (AvgIpc) is 3.00. The summed E-state index contributed by atoms with van der Waals surface area (Å²) in [6.45, 7) is 4.70. The standard InChI is InChI=1S/C26H35ClO2/c1-25(21-12-14-26(2)20(16-21)8-11-24(26)29)15-13-23(28)17-19(25)5-3-4-18-6-9-22(27)10-7-18/h3-4,6-7,9-10,19-21,23,28H,5,8,11-17H2,1-2H3/b4-3-/t19-,20?,21?,23-,25-,26-/m0/s1. The van der Waals surface area contributed by atoms with E-state index in [1.54, 1.807) is 0 Å². The predicted molar refractivity (Wildman–Crippen MR) is 120 cm³/mol. The van der Waals surface area contributed by atoms with Gasteiger partial charge in [0.25, 0.3) is 0 Å². The lowest BCUT2D eigenvalue weighted by Gasteiger charge is -2.52. The van der Waals surface area contributed by atoms with Crippen LogP contribution in [0, 0.1) is 28.6 Å². The summed E-state index contributed by atoms with van der Waals surface area (Å²) in [5.74, 6) is 2.25. The van der Waals surface area contributed by atoms with Crippen molar-refractivity contribution in [2.24, 2.45) is 28.6 Å². The van der Waals surface area contributed by atoms with Crippen molar-refractivity contribution < 1.29 is 9.90 Å². The van der Waals surface area contributed by atoms with Gasteiger partial charge in [-0.1, -0.05) is 49.7 Å². The lowest BCUT2D eigenvalue weighted by atomic mass is 9.52. The highest BCUT2D eigenvalue weighted by molar-refractivity contribution is 6.30. The maximum Gasteiger partial charge on any atom is 0.139 e. The number of hydrogen-bond acceptors (Lipinski definition) is 2. The Labute approximate surface area is 180 Å². The van der Waals surface area contributed by atoms with Crippen molar-refractivity contribution in [2.45, 2.75) is 77.7 Å². The van der Waals surface area contributed by atoms with Gasteiger partial charge in [0.2, 0.25) is 0 Å². The molecule has 2 nitrogen and oxygen atoms in total. The fourth-order valence-electron chi connectivity index (χ4n) is 6.64. The highest BCUT2D eigenvalue weighted by atomic mass is 35.5. The molecule has 1 aromatic rings. The summed E-state index contributed by atoms with van der Waals surface area (Å²) in [6.07, 6.45) is 13.6. The summed E-state index contributed by atoms with van der Waals surface area (Å²) in [6, 6.07) is 7.95. The van der Waals surface area contributed by atoms with Gasteiger partial charge < -0.3 is 5.11 Å². The van der Waals surface area contributed by atoms with Crippen LogP contribution in [0.5, 0.6) is 0 Å². The Bertz CT molecular complexity index is 769. The van der Waals surface area contributed by atoms with Gasteiger partial charge in [-0.2, -0.15) is 0 Å². The maximum atomic E-state index is 12.4. The molecule has 6 atom stereocenters. The lowest BCUT2D eigenvalue weighted by molar-refractivity contribution is -0.130. The van der Waals surface area contributed by atoms with Crippen LogP contribution >= 0.6 is 11.6 Å². The molecule has 0 saturated heterocycles. The number of aliphatic hydroxyl groups is 1. The summed E-state index contributed by atoms with van der Waals surface area (Å²) < 4.78 is 0. The van der Waals surface area contributed by atoms with Gasteiger partial charge in [0.1, 0.15) is 5.78 Å². The SMILES string of the molecule is C[C@]12CCC([C@@]3(C)CC[C@H](O)C[C@@H]3C/C=C\c3ccc(Cl)cc3)CC1CCC2=O. The molecule has 1 aromatic carbocycles. The molecule has 3 saturated carbocycles. The summed E-state index contributed by atoms with van der Waals surface area (Å²) >= 11 is 5.99. The van der Waals surface area contributed by atoms with Crippen molar-refractivity contribution in [3.8, 4) is 0 Å². The molecule has 4 rings (SSSR count). The average molecular weight is 415 g/mol. The molecule has 2 unspecified atom stereocenters. The Kier molecular flexibility index (Phi) is 5.97. The van der Waals surface area contributed by atoms with Gasteiger partial charge in [-0.05, 0) is 92.2 Å². The minimum Gasteiger partial charge on any atom is -0.393 e. The van der Waals surface area contributed by atoms with E-state index in [1.807, 2.05) is 24.3 Å². The third kappa shape index (κ3) is 4.08. The summed E-state index contributed by atoms with van der Waals surface area (Å²) in [5, 5.41) is 11.2. The lowest BCUT2D eigenvalue weighted by Crippen LogP contribution is -2.46. The Balaban J connectivity index is 1.48. The second-order valence-electron chi connectivity index (χ2n) is 10.4. The topological polar surface area (TPSA) is 37.3 Å². The molecule has 3 aliphatic carbocycles. The van der Waals surface area contributed by atoms with Gasteiger partial charge in [-0.15, -0.1) is 0 Å². The van der Waals surface area contributed by atoms with Crippen molar-refractivity contribution in [1.29, 1.82) is 0 Å². The van der Waals surface area contributed by atoms with Crippen LogP contribution < -0.4 is 0 Å². The minimum atomic E-state index is -0.168. The van der Waals surface area contributed by atoms with Crippen molar-refractivity contribution in [3.05, 3.63) is 40.9 Å². The van der Waals surface area contributed by atoms with Crippen LogP contribution in [-0.4, -0.2) is 17.0 Å². The molecule has 0 bridgehead atoms. The van der Waals surface area contributed by atoms with E-state index in [0.717, 1.165) is 50.0 Å². The number of benzene rings is 1. The molecular formula is C26H35ClO2. The van der Waals surface area contributed by atoms with E-state index < -0.39 is 0 Å². The van der Waals surface area contributed by atoms with Crippen LogP contribution in [0.3, 0.4) is 0 Å². The molecular weight excluding hydrogens is 380 g/mol. The smallest absolute Gasteiger partial charge is 0.139 e. The van der Waals surface area contributed by atoms with Gasteiger partial charge >= 0.3 is 0 Å². The van der Waals surface area contributed by atoms with Crippen LogP contribution in [-0.2, 0) is 4.79 Å². The number of hydrogen-bond donors (Lipinski definition) is 1. The third-order valence-corrected chi connectivity index (χ3v) is 9.13. The van der Waals surface area contributed by atoms with Crippen LogP contribution in [0.2, 0.25) is 5.02 Å². The van der Waals surface area contributed by atoms with Crippen molar-refractivity contribution in [3.63, 3.8) is 0 Å². The van der Waals surface area contributed by atoms with E-state index in [0.29, 0.717) is 23.5 Å². The van der Waals surface area contributed by atoms with Gasteiger partial charge in [0, 0.05) is 16.9 Å². The van der Waals surface area contributed by atoms with E-state index >= 15 is 0 Å². The highest BCUT2D eigenvalue weighted by Gasteiger charge is 2.53. The zero-order valence-electron chi connectivity index (χ0n) is 17.9. The molecule has 0 amide bonds. The van der Waals surface area contributed by atoms with Crippen molar-refractivity contribution in [1.82, 2.24) is 0 Å². The molecule has 3 aliphatic rings. The zero-order valence-corrected chi connectivity index (χ0v) is 18.6. The molecule has 0 aromatic heterocycles. The number of allylic oxidation sites excluding steroid dienone is 1. The van der Waals surface area contributed by atoms with Gasteiger partial charge in [-0.25, -0.2) is 0 Å². The number of aliphatic hydroxyl groups excluding tert-OH is 1. The number of Topliss-reactive ketones (excluding diaryl/α,β-unsaturated/α-hetero) is 1. The van der Waals surface area contributed by atoms with Crippen LogP contribution in [0.15, 0.2) is 30.3 Å². The van der Waals surface area contributed by atoms with Crippen LogP contribution in [0.1, 0.15) is 77.2 Å². The van der Waals surface area contributed by atoms with Crippen molar-refractivity contribution >= 4 is 23.5 Å². The van der Waals surface area contributed by atoms with Crippen LogP contribution in [0.4, 0.5) is 0 Å². The molecule has 158 valence electrons. The number of fused-ring (bicyclic) bond motifs is 1. The Morgan fingerprint density at radius 3 is 2.59 bits per heavy atom. The largest absolute Gasteiger partial charge is 0.393 e. The first kappa shape index (κ1) is 21.1. The Morgan fingerprint density at radius 1 is 1.07 bits per heavy atom. The molecule has 0 heterocycles. The molecule has 0 radical (unpaired) electrons. The fourth-order valence-corrected chi connectivity index (χ4v) is 6.76. The molecule has 0 aliphatic heterocycles. The number of carbonyl (C=O) groups excluding carboxylic acids is 1. The monoisotopic (exact) mass is 414 g/mol. The third-order valence-electron chi connectivity index (χ3n) is 8.88. The zero-order chi connectivity index (χ0) is 20.6. The summed E-state index contributed by atoms with van der Waals surface area (Å²) in [4.78, 5) is 12.4. The molecule has 3 heteroatoms. The number of carbonyl (C=O) groups is 1. The van der Waals surface area contributed by atoms with Gasteiger partial charge in [0.15, 0.2) is 0 Å². The van der Waals surface area contributed by atoms with E-state index in [9.17, 15) is 9.90 Å². The van der Waals surface area contributed by atoms with E-state index in [2.05, 4.69) is 26.0 Å². The minimum absolute atomic E-state index is 0.0506. The Morgan fingerprint density at radius 2 is 1.83 bits per heavy atom. The summed E-state index contributed by atoms with van der Waals surface area (Å²) in [5.41, 5.74) is 1.38. The highest BCUT2D eigenvalue weighted by Crippen LogP contribution is 2.59. The normalized spacial score (nSPS) is 40.3. The van der Waals surface area contributed by atoms with Gasteiger partial charge in [0.05, 0.1) is 6.10 Å². The molecule has 3 fully saturated rings. The second kappa shape index (κ2) is 8.19. The molecule has 0 spiro atoms. The second-order valence-corrected chi connectivity index (χ2v) is 10.8. The number of ketones is 1. The first-order valence-corrected chi connectivity index (χ1v) is 11.8.